The fourth-order valence-corrected chi connectivity index (χ4v) is 5.30. The maximum absolute atomic E-state index is 10.5. The van der Waals surface area contributed by atoms with Crippen LogP contribution in [0.25, 0.3) is 16.7 Å². The van der Waals surface area contributed by atoms with Gasteiger partial charge in [0.15, 0.2) is 11.5 Å². The van der Waals surface area contributed by atoms with E-state index < -0.39 is 0 Å². The van der Waals surface area contributed by atoms with Crippen molar-refractivity contribution in [2.45, 2.75) is 58.1 Å². The van der Waals surface area contributed by atoms with Crippen molar-refractivity contribution in [2.24, 2.45) is 0 Å². The number of allylic oxidation sites excluding steroid dienone is 2. The fourth-order valence-electron chi connectivity index (χ4n) is 5.30. The normalized spacial score (nSPS) is 21.1. The summed E-state index contributed by atoms with van der Waals surface area (Å²) in [6.07, 6.45) is 9.12. The van der Waals surface area contributed by atoms with E-state index >= 15 is 0 Å². The predicted octanol–water partition coefficient (Wildman–Crippen LogP) is 6.61. The van der Waals surface area contributed by atoms with E-state index in [1.54, 1.807) is 13.2 Å². The number of nitrogens with one attached hydrogen (secondary N) is 1. The number of phenolic OH excluding ortho intramolecular Hbond substituents is 1. The zero-order valence-electron chi connectivity index (χ0n) is 18.1. The molecular formula is C26H29NO3. The second-order valence-electron chi connectivity index (χ2n) is 9.14. The van der Waals surface area contributed by atoms with Crippen molar-refractivity contribution in [1.29, 1.82) is 0 Å². The van der Waals surface area contributed by atoms with Crippen LogP contribution in [0, 0.1) is 0 Å². The Kier molecular flexibility index (Phi) is 4.35. The van der Waals surface area contributed by atoms with Gasteiger partial charge in [-0.2, -0.15) is 0 Å². The topological polar surface area (TPSA) is 50.7 Å². The number of benzene rings is 2. The minimum Gasteiger partial charge on any atom is -0.504 e. The van der Waals surface area contributed by atoms with E-state index in [-0.39, 0.29) is 17.4 Å². The minimum absolute atomic E-state index is 0.103. The number of aromatic hydroxyl groups is 1. The Bertz CT molecular complexity index is 1090. The molecule has 1 aliphatic carbocycles. The number of hydrogen-bond donors (Lipinski definition) is 2. The van der Waals surface area contributed by atoms with E-state index in [0.29, 0.717) is 5.75 Å². The molecule has 2 aromatic rings. The highest BCUT2D eigenvalue weighted by molar-refractivity contribution is 5.92. The Hall–Kier alpha value is -2.88. The third kappa shape index (κ3) is 2.89. The van der Waals surface area contributed by atoms with Crippen LogP contribution in [0.1, 0.15) is 63.7 Å². The van der Waals surface area contributed by atoms with Gasteiger partial charge < -0.3 is 19.9 Å². The summed E-state index contributed by atoms with van der Waals surface area (Å²) in [7, 11) is 1.60. The van der Waals surface area contributed by atoms with Crippen LogP contribution in [0.4, 0.5) is 5.69 Å². The quantitative estimate of drug-likeness (QED) is 0.554. The van der Waals surface area contributed by atoms with Gasteiger partial charge >= 0.3 is 0 Å². The number of hydrogen-bond acceptors (Lipinski definition) is 4. The van der Waals surface area contributed by atoms with Crippen LogP contribution in [0.2, 0.25) is 0 Å². The summed E-state index contributed by atoms with van der Waals surface area (Å²) >= 11 is 0. The standard InChI is InChI=1S/C26H29NO3/c1-15-14-26(2,3)27-18-11-10-17-22-20(13-12-19(28)25(22)29-4)30-24(23(17)21(15)18)16-8-6-5-7-9-16/h8,10-14,24,27-28H,5-7,9H2,1-4H3. The first kappa shape index (κ1) is 19.1. The van der Waals surface area contributed by atoms with E-state index in [4.69, 9.17) is 9.47 Å². The highest BCUT2D eigenvalue weighted by Crippen LogP contribution is 2.55. The highest BCUT2D eigenvalue weighted by Gasteiger charge is 2.37. The van der Waals surface area contributed by atoms with E-state index in [0.717, 1.165) is 35.4 Å². The summed E-state index contributed by atoms with van der Waals surface area (Å²) in [6.45, 7) is 6.56. The van der Waals surface area contributed by atoms with Gasteiger partial charge in [0.1, 0.15) is 11.9 Å². The van der Waals surface area contributed by atoms with Gasteiger partial charge in [-0.3, -0.25) is 0 Å². The van der Waals surface area contributed by atoms with Gasteiger partial charge in [0, 0.05) is 16.8 Å². The second-order valence-corrected chi connectivity index (χ2v) is 9.14. The predicted molar refractivity (Wildman–Crippen MR) is 121 cm³/mol. The van der Waals surface area contributed by atoms with Gasteiger partial charge in [-0.25, -0.2) is 0 Å². The fraction of sp³-hybridized carbons (Fsp3) is 0.385. The van der Waals surface area contributed by atoms with Gasteiger partial charge in [0.05, 0.1) is 18.2 Å². The molecule has 0 bridgehead atoms. The average molecular weight is 404 g/mol. The minimum atomic E-state index is -0.122. The lowest BCUT2D eigenvalue weighted by atomic mass is 9.78. The zero-order valence-corrected chi connectivity index (χ0v) is 18.1. The van der Waals surface area contributed by atoms with Crippen LogP contribution < -0.4 is 14.8 Å². The average Bonchev–Trinajstić information content (AvgIpc) is 2.72. The molecule has 0 aromatic heterocycles. The lowest BCUT2D eigenvalue weighted by Gasteiger charge is -2.38. The summed E-state index contributed by atoms with van der Waals surface area (Å²) < 4.78 is 12.3. The lowest BCUT2D eigenvalue weighted by molar-refractivity contribution is 0.229. The van der Waals surface area contributed by atoms with E-state index in [1.165, 1.54) is 35.1 Å². The molecule has 2 heterocycles. The van der Waals surface area contributed by atoms with Crippen LogP contribution in [0.5, 0.6) is 17.2 Å². The number of ether oxygens (including phenoxy) is 2. The van der Waals surface area contributed by atoms with Crippen molar-refractivity contribution in [3.05, 3.63) is 53.1 Å². The van der Waals surface area contributed by atoms with Gasteiger partial charge in [0.25, 0.3) is 0 Å². The van der Waals surface area contributed by atoms with Gasteiger partial charge in [-0.05, 0) is 81.4 Å². The summed E-state index contributed by atoms with van der Waals surface area (Å²) in [5, 5.41) is 14.1. The molecule has 0 amide bonds. The molecule has 30 heavy (non-hydrogen) atoms. The molecule has 4 nitrogen and oxygen atoms in total. The van der Waals surface area contributed by atoms with E-state index in [2.05, 4.69) is 50.4 Å². The van der Waals surface area contributed by atoms with Crippen molar-refractivity contribution < 1.29 is 14.6 Å². The van der Waals surface area contributed by atoms with Crippen LogP contribution >= 0.6 is 0 Å². The molecule has 0 fully saturated rings. The molecule has 0 radical (unpaired) electrons. The van der Waals surface area contributed by atoms with Crippen LogP contribution in [0.3, 0.4) is 0 Å². The third-order valence-corrected chi connectivity index (χ3v) is 6.42. The molecule has 0 spiro atoms. The van der Waals surface area contributed by atoms with Gasteiger partial charge in [-0.15, -0.1) is 0 Å². The largest absolute Gasteiger partial charge is 0.504 e. The first-order valence-corrected chi connectivity index (χ1v) is 10.8. The number of methoxy groups -OCH3 is 1. The van der Waals surface area contributed by atoms with E-state index in [1.807, 2.05) is 6.07 Å². The third-order valence-electron chi connectivity index (χ3n) is 6.42. The maximum Gasteiger partial charge on any atom is 0.172 e. The summed E-state index contributed by atoms with van der Waals surface area (Å²) in [4.78, 5) is 0. The second kappa shape index (κ2) is 6.83. The smallest absolute Gasteiger partial charge is 0.172 e. The van der Waals surface area contributed by atoms with Gasteiger partial charge in [-0.1, -0.05) is 18.2 Å². The first-order valence-electron chi connectivity index (χ1n) is 10.8. The van der Waals surface area contributed by atoms with Crippen LogP contribution in [0.15, 0.2) is 42.0 Å². The molecule has 156 valence electrons. The van der Waals surface area contributed by atoms with Gasteiger partial charge in [0.2, 0.25) is 0 Å². The molecule has 2 aromatic carbocycles. The Morgan fingerprint density at radius 1 is 1.13 bits per heavy atom. The van der Waals surface area contributed by atoms with Crippen molar-refractivity contribution in [3.8, 4) is 28.4 Å². The first-order chi connectivity index (χ1) is 14.4. The van der Waals surface area contributed by atoms with Crippen molar-refractivity contribution in [2.75, 3.05) is 12.4 Å². The molecule has 0 saturated heterocycles. The van der Waals surface area contributed by atoms with Crippen molar-refractivity contribution >= 4 is 11.3 Å². The zero-order chi connectivity index (χ0) is 21.0. The molecule has 1 atom stereocenters. The summed E-state index contributed by atoms with van der Waals surface area (Å²) in [5.74, 6) is 1.36. The van der Waals surface area contributed by atoms with Crippen LogP contribution in [-0.2, 0) is 0 Å². The Labute approximate surface area is 178 Å². The highest BCUT2D eigenvalue weighted by atomic mass is 16.5. The maximum atomic E-state index is 10.5. The molecule has 5 rings (SSSR count). The molecule has 2 aliphatic heterocycles. The van der Waals surface area contributed by atoms with Crippen molar-refractivity contribution in [3.63, 3.8) is 0 Å². The summed E-state index contributed by atoms with van der Waals surface area (Å²) in [6, 6.07) is 7.81. The summed E-state index contributed by atoms with van der Waals surface area (Å²) in [5.41, 5.74) is 7.92. The Morgan fingerprint density at radius 2 is 1.97 bits per heavy atom. The lowest BCUT2D eigenvalue weighted by Crippen LogP contribution is -2.32. The number of phenols is 1. The number of fused-ring (bicyclic) bond motifs is 5. The number of rotatable bonds is 2. The Morgan fingerprint density at radius 3 is 2.70 bits per heavy atom. The SMILES string of the molecule is COc1c(O)ccc2c1-c1ccc3c(c1C(C1=CCCCC1)O2)C(C)=CC(C)(C)N3. The molecule has 4 heteroatoms. The van der Waals surface area contributed by atoms with Crippen LogP contribution in [-0.4, -0.2) is 17.8 Å². The molecular weight excluding hydrogens is 374 g/mol. The van der Waals surface area contributed by atoms with E-state index in [9.17, 15) is 5.11 Å². The number of anilines is 1. The molecule has 1 unspecified atom stereocenters. The molecule has 3 aliphatic rings. The Balaban J connectivity index is 1.81. The molecule has 0 saturated carbocycles. The van der Waals surface area contributed by atoms with Crippen molar-refractivity contribution in [1.82, 2.24) is 0 Å². The monoisotopic (exact) mass is 403 g/mol. The molecule has 2 N–H and O–H groups in total.